The molecule has 1 amide bonds. The van der Waals surface area contributed by atoms with Gasteiger partial charge >= 0.3 is 0 Å². The van der Waals surface area contributed by atoms with Gasteiger partial charge in [-0.25, -0.2) is 0 Å². The number of hydrogen-bond donors (Lipinski definition) is 2. The molecule has 1 aromatic carbocycles. The molecule has 0 fully saturated rings. The minimum absolute atomic E-state index is 0.497. The summed E-state index contributed by atoms with van der Waals surface area (Å²) in [6.07, 6.45) is 0. The Kier molecular flexibility index (Phi) is 2.68. The van der Waals surface area contributed by atoms with Gasteiger partial charge in [-0.05, 0) is 30.5 Å². The van der Waals surface area contributed by atoms with Gasteiger partial charge in [0, 0.05) is 0 Å². The summed E-state index contributed by atoms with van der Waals surface area (Å²) in [6, 6.07) is 4.97. The first kappa shape index (κ1) is 9.74. The summed E-state index contributed by atoms with van der Waals surface area (Å²) in [5.41, 5.74) is 13.7. The summed E-state index contributed by atoms with van der Waals surface area (Å²) in [5.74, 6) is -0.497. The van der Waals surface area contributed by atoms with Crippen LogP contribution in [0.25, 0.3) is 0 Å². The molecular formula is C10H14N2O. The molecule has 0 heterocycles. The Hall–Kier alpha value is -1.35. The van der Waals surface area contributed by atoms with Gasteiger partial charge in [-0.3, -0.25) is 4.79 Å². The van der Waals surface area contributed by atoms with E-state index in [-0.39, 0.29) is 0 Å². The third kappa shape index (κ3) is 2.06. The average molecular weight is 178 g/mol. The molecule has 1 unspecified atom stereocenters. The molecule has 13 heavy (non-hydrogen) atoms. The van der Waals surface area contributed by atoms with Gasteiger partial charge < -0.3 is 11.5 Å². The van der Waals surface area contributed by atoms with Crippen LogP contribution >= 0.6 is 0 Å². The van der Waals surface area contributed by atoms with E-state index in [0.29, 0.717) is 0 Å². The van der Waals surface area contributed by atoms with Crippen LogP contribution in [0.2, 0.25) is 0 Å². The van der Waals surface area contributed by atoms with Gasteiger partial charge in [0.25, 0.3) is 0 Å². The maximum Gasteiger partial charge on any atom is 0.238 e. The molecule has 0 aliphatic heterocycles. The molecule has 3 heteroatoms. The zero-order valence-electron chi connectivity index (χ0n) is 7.87. The minimum atomic E-state index is -0.695. The van der Waals surface area contributed by atoms with E-state index in [1.165, 1.54) is 5.56 Å². The monoisotopic (exact) mass is 178 g/mol. The molecule has 4 N–H and O–H groups in total. The molecule has 3 nitrogen and oxygen atoms in total. The van der Waals surface area contributed by atoms with Gasteiger partial charge in [-0.15, -0.1) is 0 Å². The highest BCUT2D eigenvalue weighted by Crippen LogP contribution is 2.14. The van der Waals surface area contributed by atoms with Crippen LogP contribution in [-0.2, 0) is 4.79 Å². The smallest absolute Gasteiger partial charge is 0.238 e. The minimum Gasteiger partial charge on any atom is -0.368 e. The second kappa shape index (κ2) is 3.58. The van der Waals surface area contributed by atoms with Crippen molar-refractivity contribution in [2.75, 3.05) is 0 Å². The molecule has 0 radical (unpaired) electrons. The number of rotatable bonds is 2. The van der Waals surface area contributed by atoms with Crippen LogP contribution in [0.3, 0.4) is 0 Å². The summed E-state index contributed by atoms with van der Waals surface area (Å²) in [7, 11) is 0. The molecular weight excluding hydrogens is 164 g/mol. The predicted molar refractivity (Wildman–Crippen MR) is 52.0 cm³/mol. The van der Waals surface area contributed by atoms with Gasteiger partial charge in [-0.2, -0.15) is 0 Å². The van der Waals surface area contributed by atoms with Crippen molar-refractivity contribution in [2.45, 2.75) is 19.9 Å². The van der Waals surface area contributed by atoms with Gasteiger partial charge in [-0.1, -0.05) is 18.2 Å². The summed E-state index contributed by atoms with van der Waals surface area (Å²) in [4.78, 5) is 10.8. The summed E-state index contributed by atoms with van der Waals surface area (Å²) >= 11 is 0. The van der Waals surface area contributed by atoms with E-state index in [9.17, 15) is 4.79 Å². The zero-order valence-corrected chi connectivity index (χ0v) is 7.87. The van der Waals surface area contributed by atoms with E-state index in [2.05, 4.69) is 0 Å². The van der Waals surface area contributed by atoms with Crippen molar-refractivity contribution in [3.05, 3.63) is 34.9 Å². The molecule has 70 valence electrons. The molecule has 0 aliphatic carbocycles. The van der Waals surface area contributed by atoms with E-state index >= 15 is 0 Å². The first-order chi connectivity index (χ1) is 6.02. The lowest BCUT2D eigenvalue weighted by molar-refractivity contribution is -0.119. The first-order valence-electron chi connectivity index (χ1n) is 4.14. The first-order valence-corrected chi connectivity index (χ1v) is 4.14. The molecule has 0 saturated heterocycles. The second-order valence-corrected chi connectivity index (χ2v) is 3.22. The van der Waals surface area contributed by atoms with Gasteiger partial charge in [0.1, 0.15) is 6.04 Å². The fraction of sp³-hybridized carbons (Fsp3) is 0.300. The van der Waals surface area contributed by atoms with Crippen molar-refractivity contribution in [3.8, 4) is 0 Å². The van der Waals surface area contributed by atoms with Crippen LogP contribution in [0.15, 0.2) is 18.2 Å². The Balaban J connectivity index is 3.03. The number of aryl methyl sites for hydroxylation is 2. The van der Waals surface area contributed by atoms with E-state index in [4.69, 9.17) is 11.5 Å². The number of hydrogen-bond acceptors (Lipinski definition) is 2. The summed E-state index contributed by atoms with van der Waals surface area (Å²) in [5, 5.41) is 0. The Morgan fingerprint density at radius 1 is 1.31 bits per heavy atom. The van der Waals surface area contributed by atoms with Crippen molar-refractivity contribution >= 4 is 5.91 Å². The predicted octanol–water partition coefficient (Wildman–Crippen LogP) is 0.789. The highest BCUT2D eigenvalue weighted by molar-refractivity contribution is 5.81. The van der Waals surface area contributed by atoms with Gasteiger partial charge in [0.05, 0.1) is 0 Å². The number of carbonyl (C=O) groups excluding carboxylic acids is 1. The quantitative estimate of drug-likeness (QED) is 0.703. The Morgan fingerprint density at radius 2 is 1.92 bits per heavy atom. The molecule has 0 spiro atoms. The number of amides is 1. The van der Waals surface area contributed by atoms with E-state index in [0.717, 1.165) is 11.1 Å². The van der Waals surface area contributed by atoms with E-state index in [1.807, 2.05) is 32.0 Å². The highest BCUT2D eigenvalue weighted by Gasteiger charge is 2.11. The van der Waals surface area contributed by atoms with Crippen molar-refractivity contribution in [2.24, 2.45) is 11.5 Å². The largest absolute Gasteiger partial charge is 0.368 e. The van der Waals surface area contributed by atoms with Gasteiger partial charge in [0.15, 0.2) is 0 Å². The lowest BCUT2D eigenvalue weighted by Gasteiger charge is -2.09. The Bertz CT molecular complexity index is 334. The maximum atomic E-state index is 10.8. The van der Waals surface area contributed by atoms with Gasteiger partial charge in [0.2, 0.25) is 5.91 Å². The van der Waals surface area contributed by atoms with Crippen LogP contribution < -0.4 is 11.5 Å². The van der Waals surface area contributed by atoms with Crippen LogP contribution in [0, 0.1) is 13.8 Å². The number of nitrogens with two attached hydrogens (primary N) is 2. The molecule has 0 aliphatic rings. The fourth-order valence-electron chi connectivity index (χ4n) is 1.12. The van der Waals surface area contributed by atoms with Crippen LogP contribution in [0.5, 0.6) is 0 Å². The molecule has 0 aromatic heterocycles. The highest BCUT2D eigenvalue weighted by atomic mass is 16.1. The zero-order chi connectivity index (χ0) is 10.0. The lowest BCUT2D eigenvalue weighted by atomic mass is 10.0. The molecule has 1 rings (SSSR count). The third-order valence-electron chi connectivity index (χ3n) is 2.20. The van der Waals surface area contributed by atoms with E-state index in [1.54, 1.807) is 0 Å². The fourth-order valence-corrected chi connectivity index (χ4v) is 1.12. The maximum absolute atomic E-state index is 10.8. The standard InChI is InChI=1S/C10H14N2O/c1-6-3-4-8(5-7(6)2)9(11)10(12)13/h3-5,9H,11H2,1-2H3,(H2,12,13). The molecule has 1 atom stereocenters. The molecule has 0 bridgehead atoms. The molecule has 1 aromatic rings. The van der Waals surface area contributed by atoms with Crippen LogP contribution in [-0.4, -0.2) is 5.91 Å². The Labute approximate surface area is 77.7 Å². The third-order valence-corrected chi connectivity index (χ3v) is 2.20. The van der Waals surface area contributed by atoms with Crippen LogP contribution in [0.1, 0.15) is 22.7 Å². The number of carbonyl (C=O) groups is 1. The topological polar surface area (TPSA) is 69.1 Å². The normalized spacial score (nSPS) is 12.5. The second-order valence-electron chi connectivity index (χ2n) is 3.22. The van der Waals surface area contributed by atoms with Crippen molar-refractivity contribution in [3.63, 3.8) is 0 Å². The average Bonchev–Trinajstić information content (AvgIpc) is 2.08. The van der Waals surface area contributed by atoms with Crippen molar-refractivity contribution < 1.29 is 4.79 Å². The summed E-state index contributed by atoms with van der Waals surface area (Å²) < 4.78 is 0. The van der Waals surface area contributed by atoms with E-state index < -0.39 is 11.9 Å². The number of primary amides is 1. The lowest BCUT2D eigenvalue weighted by Crippen LogP contribution is -2.28. The van der Waals surface area contributed by atoms with Crippen molar-refractivity contribution in [1.29, 1.82) is 0 Å². The van der Waals surface area contributed by atoms with Crippen molar-refractivity contribution in [1.82, 2.24) is 0 Å². The molecule has 0 saturated carbocycles. The SMILES string of the molecule is Cc1ccc(C(N)C(N)=O)cc1C. The number of benzene rings is 1. The summed E-state index contributed by atoms with van der Waals surface area (Å²) in [6.45, 7) is 3.99. The van der Waals surface area contributed by atoms with Crippen LogP contribution in [0.4, 0.5) is 0 Å². The Morgan fingerprint density at radius 3 is 2.38 bits per heavy atom.